The summed E-state index contributed by atoms with van der Waals surface area (Å²) in [5.74, 6) is 0. The topological polar surface area (TPSA) is 61.2 Å². The van der Waals surface area contributed by atoms with Crippen LogP contribution in [-0.4, -0.2) is 50.3 Å². The zero-order valence-electron chi connectivity index (χ0n) is 12.9. The number of anilines is 1. The lowest BCUT2D eigenvalue weighted by molar-refractivity contribution is 0.161. The van der Waals surface area contributed by atoms with Gasteiger partial charge in [0.25, 0.3) is 0 Å². The second kappa shape index (κ2) is 8.51. The van der Waals surface area contributed by atoms with Crippen LogP contribution in [-0.2, 0) is 4.74 Å². The van der Waals surface area contributed by atoms with E-state index < -0.39 is 0 Å². The van der Waals surface area contributed by atoms with Crippen molar-refractivity contribution < 1.29 is 4.74 Å². The maximum atomic E-state index is 9.18. The van der Waals surface area contributed by atoms with Gasteiger partial charge in [-0.2, -0.15) is 5.26 Å². The molecule has 0 unspecified atom stereocenters. The molecular weight excluding hydrogens is 252 g/mol. The van der Waals surface area contributed by atoms with Gasteiger partial charge in [-0.25, -0.2) is 0 Å². The third kappa shape index (κ3) is 5.16. The number of aromatic nitrogens is 1. The molecule has 0 amide bonds. The van der Waals surface area contributed by atoms with Gasteiger partial charge >= 0.3 is 0 Å². The number of pyridine rings is 1. The van der Waals surface area contributed by atoms with E-state index >= 15 is 0 Å². The van der Waals surface area contributed by atoms with Gasteiger partial charge in [0.15, 0.2) is 0 Å². The first-order valence-corrected chi connectivity index (χ1v) is 6.88. The molecule has 0 radical (unpaired) electrons. The molecular formula is C15H24N4O. The number of nitrogens with zero attached hydrogens (tertiary/aromatic N) is 3. The van der Waals surface area contributed by atoms with Gasteiger partial charge in [0.1, 0.15) is 6.07 Å². The summed E-state index contributed by atoms with van der Waals surface area (Å²) in [5.41, 5.74) is 3.24. The molecule has 0 bridgehead atoms. The summed E-state index contributed by atoms with van der Waals surface area (Å²) in [6.07, 6.45) is 1.02. The molecule has 0 aliphatic carbocycles. The van der Waals surface area contributed by atoms with Crippen LogP contribution in [0, 0.1) is 25.2 Å². The molecule has 5 nitrogen and oxygen atoms in total. The number of ether oxygens (including phenoxy) is 1. The van der Waals surface area contributed by atoms with Crippen molar-refractivity contribution in [1.29, 1.82) is 5.26 Å². The van der Waals surface area contributed by atoms with Crippen LogP contribution in [0.15, 0.2) is 6.07 Å². The number of aryl methyl sites for hydroxylation is 2. The first-order chi connectivity index (χ1) is 9.58. The van der Waals surface area contributed by atoms with E-state index in [9.17, 15) is 5.26 Å². The van der Waals surface area contributed by atoms with Gasteiger partial charge in [0.2, 0.25) is 0 Å². The molecule has 20 heavy (non-hydrogen) atoms. The molecule has 0 fully saturated rings. The molecule has 1 rings (SSSR count). The highest BCUT2D eigenvalue weighted by atomic mass is 16.5. The summed E-state index contributed by atoms with van der Waals surface area (Å²) < 4.78 is 5.04. The zero-order chi connectivity index (χ0) is 15.0. The predicted molar refractivity (Wildman–Crippen MR) is 80.9 cm³/mol. The molecule has 1 heterocycles. The minimum Gasteiger partial charge on any atom is -0.384 e. The van der Waals surface area contributed by atoms with E-state index in [2.05, 4.69) is 28.3 Å². The molecule has 0 saturated heterocycles. The standard InChI is InChI=1S/C15H24N4O/c1-12-10-15(14(11-16)13(2)18-12)17-6-5-7-19(3)8-9-20-4/h10H,5-9H2,1-4H3,(H,17,18). The van der Waals surface area contributed by atoms with E-state index in [1.54, 1.807) is 7.11 Å². The van der Waals surface area contributed by atoms with Gasteiger partial charge in [-0.1, -0.05) is 0 Å². The number of likely N-dealkylation sites (N-methyl/N-ethyl adjacent to an activating group) is 1. The van der Waals surface area contributed by atoms with Crippen molar-refractivity contribution in [2.24, 2.45) is 0 Å². The Morgan fingerprint density at radius 3 is 2.80 bits per heavy atom. The van der Waals surface area contributed by atoms with Crippen molar-refractivity contribution in [3.05, 3.63) is 23.0 Å². The molecule has 0 aliphatic heterocycles. The van der Waals surface area contributed by atoms with E-state index in [1.807, 2.05) is 19.9 Å². The normalized spacial score (nSPS) is 10.6. The van der Waals surface area contributed by atoms with E-state index in [0.717, 1.165) is 49.7 Å². The van der Waals surface area contributed by atoms with Gasteiger partial charge in [0.05, 0.1) is 23.6 Å². The fourth-order valence-electron chi connectivity index (χ4n) is 2.04. The third-order valence-corrected chi connectivity index (χ3v) is 3.15. The van der Waals surface area contributed by atoms with Crippen LogP contribution in [0.5, 0.6) is 0 Å². The number of hydrogen-bond donors (Lipinski definition) is 1. The SMILES string of the molecule is COCCN(C)CCCNc1cc(C)nc(C)c1C#N. The highest BCUT2D eigenvalue weighted by Gasteiger charge is 2.07. The summed E-state index contributed by atoms with van der Waals surface area (Å²) in [6.45, 7) is 7.35. The fraction of sp³-hybridized carbons (Fsp3) is 0.600. The average Bonchev–Trinajstić information content (AvgIpc) is 2.40. The second-order valence-corrected chi connectivity index (χ2v) is 4.96. The number of methoxy groups -OCH3 is 1. The average molecular weight is 276 g/mol. The van der Waals surface area contributed by atoms with Gasteiger partial charge in [-0.05, 0) is 39.9 Å². The number of hydrogen-bond acceptors (Lipinski definition) is 5. The molecule has 5 heteroatoms. The Balaban J connectivity index is 2.45. The molecule has 1 aromatic rings. The van der Waals surface area contributed by atoms with E-state index in [0.29, 0.717) is 5.56 Å². The monoisotopic (exact) mass is 276 g/mol. The molecule has 1 aromatic heterocycles. The van der Waals surface area contributed by atoms with Gasteiger partial charge < -0.3 is 15.0 Å². The minimum atomic E-state index is 0.642. The first kappa shape index (κ1) is 16.4. The van der Waals surface area contributed by atoms with Crippen LogP contribution in [0.3, 0.4) is 0 Å². The van der Waals surface area contributed by atoms with Crippen molar-refractivity contribution in [1.82, 2.24) is 9.88 Å². The van der Waals surface area contributed by atoms with Crippen LogP contribution in [0.4, 0.5) is 5.69 Å². The molecule has 0 saturated carbocycles. The van der Waals surface area contributed by atoms with E-state index in [-0.39, 0.29) is 0 Å². The second-order valence-electron chi connectivity index (χ2n) is 4.96. The van der Waals surface area contributed by atoms with Crippen molar-refractivity contribution in [3.63, 3.8) is 0 Å². The maximum absolute atomic E-state index is 9.18. The van der Waals surface area contributed by atoms with Crippen molar-refractivity contribution in [3.8, 4) is 6.07 Å². The van der Waals surface area contributed by atoms with E-state index in [4.69, 9.17) is 4.74 Å². The van der Waals surface area contributed by atoms with E-state index in [1.165, 1.54) is 0 Å². The Morgan fingerprint density at radius 1 is 1.40 bits per heavy atom. The Morgan fingerprint density at radius 2 is 2.15 bits per heavy atom. The van der Waals surface area contributed by atoms with Gasteiger partial charge in [-0.15, -0.1) is 0 Å². The van der Waals surface area contributed by atoms with Gasteiger partial charge in [0, 0.05) is 25.9 Å². The Hall–Kier alpha value is -1.64. The smallest absolute Gasteiger partial charge is 0.103 e. The van der Waals surface area contributed by atoms with Crippen LogP contribution in [0.2, 0.25) is 0 Å². The van der Waals surface area contributed by atoms with Crippen molar-refractivity contribution in [2.45, 2.75) is 20.3 Å². The lowest BCUT2D eigenvalue weighted by Gasteiger charge is -2.16. The van der Waals surface area contributed by atoms with Crippen LogP contribution < -0.4 is 5.32 Å². The number of rotatable bonds is 8. The first-order valence-electron chi connectivity index (χ1n) is 6.88. The highest BCUT2D eigenvalue weighted by Crippen LogP contribution is 2.18. The van der Waals surface area contributed by atoms with Crippen molar-refractivity contribution >= 4 is 5.69 Å². The van der Waals surface area contributed by atoms with Crippen LogP contribution in [0.25, 0.3) is 0 Å². The fourth-order valence-corrected chi connectivity index (χ4v) is 2.04. The van der Waals surface area contributed by atoms with Crippen LogP contribution in [0.1, 0.15) is 23.4 Å². The highest BCUT2D eigenvalue weighted by molar-refractivity contribution is 5.59. The lowest BCUT2D eigenvalue weighted by atomic mass is 10.1. The molecule has 0 spiro atoms. The Kier molecular flexibility index (Phi) is 6.99. The summed E-state index contributed by atoms with van der Waals surface area (Å²) in [4.78, 5) is 6.55. The molecule has 1 N–H and O–H groups in total. The molecule has 0 aliphatic rings. The minimum absolute atomic E-state index is 0.642. The largest absolute Gasteiger partial charge is 0.384 e. The number of nitrogens with one attached hydrogen (secondary N) is 1. The summed E-state index contributed by atoms with van der Waals surface area (Å²) >= 11 is 0. The Bertz CT molecular complexity index is 468. The van der Waals surface area contributed by atoms with Gasteiger partial charge in [-0.3, -0.25) is 4.98 Å². The quantitative estimate of drug-likeness (QED) is 0.735. The summed E-state index contributed by atoms with van der Waals surface area (Å²) in [5, 5.41) is 12.5. The predicted octanol–water partition coefficient (Wildman–Crippen LogP) is 1.95. The van der Waals surface area contributed by atoms with Crippen LogP contribution >= 0.6 is 0 Å². The molecule has 0 atom stereocenters. The summed E-state index contributed by atoms with van der Waals surface area (Å²) in [6, 6.07) is 4.15. The third-order valence-electron chi connectivity index (χ3n) is 3.15. The zero-order valence-corrected chi connectivity index (χ0v) is 12.9. The van der Waals surface area contributed by atoms with Crippen molar-refractivity contribution in [2.75, 3.05) is 45.7 Å². The lowest BCUT2D eigenvalue weighted by Crippen LogP contribution is -2.25. The maximum Gasteiger partial charge on any atom is 0.103 e. The molecule has 0 aromatic carbocycles. The number of nitriles is 1. The summed E-state index contributed by atoms with van der Waals surface area (Å²) in [7, 11) is 3.80. The Labute approximate surface area is 121 Å². The molecule has 110 valence electrons.